The molecular formula is C13H21N3. The van der Waals surface area contributed by atoms with Crippen LogP contribution in [0.15, 0.2) is 6.07 Å². The van der Waals surface area contributed by atoms with Gasteiger partial charge in [0.2, 0.25) is 0 Å². The average Bonchev–Trinajstić information content (AvgIpc) is 3.01. The maximum Gasteiger partial charge on any atom is 0.0656 e. The molecule has 2 fully saturated rings. The Labute approximate surface area is 97.0 Å². The fourth-order valence-electron chi connectivity index (χ4n) is 3.08. The third-order valence-corrected chi connectivity index (χ3v) is 4.08. The van der Waals surface area contributed by atoms with Gasteiger partial charge in [-0.15, -0.1) is 0 Å². The Bertz CT molecular complexity index is 333. The molecule has 16 heavy (non-hydrogen) atoms. The van der Waals surface area contributed by atoms with Gasteiger partial charge in [0.25, 0.3) is 0 Å². The van der Waals surface area contributed by atoms with E-state index in [0.717, 1.165) is 12.5 Å². The molecule has 2 N–H and O–H groups in total. The van der Waals surface area contributed by atoms with Crippen molar-refractivity contribution in [3.8, 4) is 0 Å². The van der Waals surface area contributed by atoms with Crippen molar-refractivity contribution in [3.05, 3.63) is 17.5 Å². The van der Waals surface area contributed by atoms with Crippen LogP contribution >= 0.6 is 0 Å². The van der Waals surface area contributed by atoms with E-state index in [1.54, 1.807) is 0 Å². The monoisotopic (exact) mass is 219 g/mol. The van der Waals surface area contributed by atoms with E-state index in [9.17, 15) is 0 Å². The van der Waals surface area contributed by atoms with Crippen LogP contribution in [0.2, 0.25) is 0 Å². The van der Waals surface area contributed by atoms with Crippen LogP contribution in [-0.4, -0.2) is 16.7 Å². The number of aromatic amines is 1. The normalized spacial score (nSPS) is 27.4. The molecule has 0 spiro atoms. The van der Waals surface area contributed by atoms with Crippen molar-refractivity contribution in [1.29, 1.82) is 0 Å². The molecule has 3 heteroatoms. The molecule has 3 rings (SSSR count). The molecule has 2 aliphatic rings. The van der Waals surface area contributed by atoms with Gasteiger partial charge in [-0.05, 0) is 38.3 Å². The lowest BCUT2D eigenvalue weighted by Crippen LogP contribution is -2.26. The first-order chi connectivity index (χ1) is 7.93. The molecular weight excluding hydrogens is 198 g/mol. The fraction of sp³-hybridized carbons (Fsp3) is 0.769. The van der Waals surface area contributed by atoms with Crippen molar-refractivity contribution < 1.29 is 0 Å². The lowest BCUT2D eigenvalue weighted by molar-refractivity contribution is 0.405. The van der Waals surface area contributed by atoms with Gasteiger partial charge in [-0.25, -0.2) is 0 Å². The second-order valence-corrected chi connectivity index (χ2v) is 5.23. The minimum absolute atomic E-state index is 0.524. The summed E-state index contributed by atoms with van der Waals surface area (Å²) < 4.78 is 0. The Kier molecular flexibility index (Phi) is 2.96. The van der Waals surface area contributed by atoms with E-state index in [1.165, 1.54) is 56.3 Å². The summed E-state index contributed by atoms with van der Waals surface area (Å²) in [6.07, 6.45) is 9.36. The highest BCUT2D eigenvalue weighted by Crippen LogP contribution is 2.34. The third kappa shape index (κ3) is 2.01. The van der Waals surface area contributed by atoms with E-state index in [-0.39, 0.29) is 0 Å². The third-order valence-electron chi connectivity index (χ3n) is 4.08. The summed E-state index contributed by atoms with van der Waals surface area (Å²) in [6, 6.07) is 2.83. The highest BCUT2D eigenvalue weighted by Gasteiger charge is 2.22. The van der Waals surface area contributed by atoms with Crippen LogP contribution in [0.25, 0.3) is 0 Å². The number of aromatic nitrogens is 2. The van der Waals surface area contributed by atoms with Gasteiger partial charge in [0.05, 0.1) is 11.4 Å². The summed E-state index contributed by atoms with van der Waals surface area (Å²) in [7, 11) is 0. The molecule has 1 atom stereocenters. The smallest absolute Gasteiger partial charge is 0.0656 e. The number of rotatable bonds is 2. The average molecular weight is 219 g/mol. The van der Waals surface area contributed by atoms with Gasteiger partial charge in [0.1, 0.15) is 0 Å². The summed E-state index contributed by atoms with van der Waals surface area (Å²) >= 11 is 0. The van der Waals surface area contributed by atoms with Crippen molar-refractivity contribution in [3.63, 3.8) is 0 Å². The van der Waals surface area contributed by atoms with Crippen molar-refractivity contribution in [2.24, 2.45) is 0 Å². The molecule has 1 aromatic rings. The SMILES string of the molecule is c1c(C2CCCC2)n[nH]c1C1CCCCN1. The predicted molar refractivity (Wildman–Crippen MR) is 64.4 cm³/mol. The van der Waals surface area contributed by atoms with Crippen molar-refractivity contribution in [2.75, 3.05) is 6.54 Å². The summed E-state index contributed by atoms with van der Waals surface area (Å²) in [5, 5.41) is 11.3. The van der Waals surface area contributed by atoms with Crippen molar-refractivity contribution in [2.45, 2.75) is 56.9 Å². The molecule has 1 aliphatic carbocycles. The predicted octanol–water partition coefficient (Wildman–Crippen LogP) is 2.88. The van der Waals surface area contributed by atoms with Crippen LogP contribution in [0.5, 0.6) is 0 Å². The summed E-state index contributed by atoms with van der Waals surface area (Å²) in [6.45, 7) is 1.16. The van der Waals surface area contributed by atoms with E-state index in [2.05, 4.69) is 21.6 Å². The largest absolute Gasteiger partial charge is 0.309 e. The second-order valence-electron chi connectivity index (χ2n) is 5.23. The summed E-state index contributed by atoms with van der Waals surface area (Å²) in [5.41, 5.74) is 2.61. The van der Waals surface area contributed by atoms with Gasteiger partial charge in [0, 0.05) is 12.0 Å². The van der Waals surface area contributed by atoms with Crippen molar-refractivity contribution >= 4 is 0 Å². The molecule has 88 valence electrons. The Balaban J connectivity index is 1.71. The van der Waals surface area contributed by atoms with Crippen LogP contribution in [-0.2, 0) is 0 Å². The molecule has 2 heterocycles. The molecule has 1 aromatic heterocycles. The van der Waals surface area contributed by atoms with Gasteiger partial charge < -0.3 is 5.32 Å². The van der Waals surface area contributed by atoms with E-state index >= 15 is 0 Å². The van der Waals surface area contributed by atoms with Crippen LogP contribution in [0.3, 0.4) is 0 Å². The zero-order chi connectivity index (χ0) is 10.8. The van der Waals surface area contributed by atoms with E-state index in [1.807, 2.05) is 0 Å². The zero-order valence-electron chi connectivity index (χ0n) is 9.84. The number of nitrogens with one attached hydrogen (secondary N) is 2. The zero-order valence-corrected chi connectivity index (χ0v) is 9.84. The quantitative estimate of drug-likeness (QED) is 0.803. The molecule has 1 saturated carbocycles. The van der Waals surface area contributed by atoms with Crippen LogP contribution in [0.4, 0.5) is 0 Å². The van der Waals surface area contributed by atoms with Crippen LogP contribution in [0, 0.1) is 0 Å². The molecule has 0 radical (unpaired) electrons. The molecule has 0 bridgehead atoms. The maximum atomic E-state index is 4.51. The lowest BCUT2D eigenvalue weighted by Gasteiger charge is -2.21. The number of hydrogen-bond acceptors (Lipinski definition) is 2. The van der Waals surface area contributed by atoms with Gasteiger partial charge >= 0.3 is 0 Å². The van der Waals surface area contributed by atoms with Gasteiger partial charge in [-0.2, -0.15) is 5.10 Å². The minimum atomic E-state index is 0.524. The number of piperidine rings is 1. The lowest BCUT2D eigenvalue weighted by atomic mass is 9.99. The minimum Gasteiger partial charge on any atom is -0.309 e. The highest BCUT2D eigenvalue weighted by molar-refractivity contribution is 5.17. The van der Waals surface area contributed by atoms with Gasteiger partial charge in [-0.1, -0.05) is 19.3 Å². The second kappa shape index (κ2) is 4.58. The Morgan fingerprint density at radius 2 is 1.88 bits per heavy atom. The molecule has 0 amide bonds. The summed E-state index contributed by atoms with van der Waals surface area (Å²) in [5.74, 6) is 0.730. The number of hydrogen-bond donors (Lipinski definition) is 2. The highest BCUT2D eigenvalue weighted by atomic mass is 15.1. The van der Waals surface area contributed by atoms with Gasteiger partial charge in [0.15, 0.2) is 0 Å². The first-order valence-corrected chi connectivity index (χ1v) is 6.72. The van der Waals surface area contributed by atoms with Crippen molar-refractivity contribution in [1.82, 2.24) is 15.5 Å². The molecule has 3 nitrogen and oxygen atoms in total. The topological polar surface area (TPSA) is 40.7 Å². The number of nitrogens with zero attached hydrogens (tertiary/aromatic N) is 1. The van der Waals surface area contributed by atoms with E-state index < -0.39 is 0 Å². The van der Waals surface area contributed by atoms with E-state index in [4.69, 9.17) is 0 Å². The molecule has 1 aliphatic heterocycles. The molecule has 1 saturated heterocycles. The van der Waals surface area contributed by atoms with E-state index in [0.29, 0.717) is 6.04 Å². The first kappa shape index (κ1) is 10.3. The van der Waals surface area contributed by atoms with Gasteiger partial charge in [-0.3, -0.25) is 5.10 Å². The maximum absolute atomic E-state index is 4.51. The molecule has 1 unspecified atom stereocenters. The van der Waals surface area contributed by atoms with Crippen LogP contribution in [0.1, 0.15) is 68.3 Å². The van der Waals surface area contributed by atoms with Crippen LogP contribution < -0.4 is 5.32 Å². The Hall–Kier alpha value is -0.830. The Morgan fingerprint density at radius 3 is 2.62 bits per heavy atom. The number of H-pyrrole nitrogens is 1. The first-order valence-electron chi connectivity index (χ1n) is 6.72. The molecule has 0 aromatic carbocycles. The fourth-order valence-corrected chi connectivity index (χ4v) is 3.08. The summed E-state index contributed by atoms with van der Waals surface area (Å²) in [4.78, 5) is 0. The Morgan fingerprint density at radius 1 is 1.06 bits per heavy atom. The standard InChI is InChI=1S/C13H21N3/c1-2-6-10(5-1)12-9-13(16-15-12)11-7-3-4-8-14-11/h9-11,14H,1-8H2,(H,15,16).